The fourth-order valence-electron chi connectivity index (χ4n) is 9.85. The van der Waals surface area contributed by atoms with Crippen molar-refractivity contribution in [1.29, 1.82) is 0 Å². The van der Waals surface area contributed by atoms with Gasteiger partial charge in [-0.05, 0) is 110 Å². The van der Waals surface area contributed by atoms with Gasteiger partial charge in [0.2, 0.25) is 0 Å². The Balaban J connectivity index is 1.33. The lowest BCUT2D eigenvalue weighted by Gasteiger charge is -2.60. The number of rotatable bonds is 4. The largest absolute Gasteiger partial charge is 0.396 e. The Labute approximate surface area is 179 Å². The minimum Gasteiger partial charge on any atom is -0.396 e. The van der Waals surface area contributed by atoms with Gasteiger partial charge in [0, 0.05) is 6.61 Å². The van der Waals surface area contributed by atoms with Gasteiger partial charge in [-0.25, -0.2) is 0 Å². The van der Waals surface area contributed by atoms with Gasteiger partial charge in [-0.3, -0.25) is 0 Å². The number of aliphatic hydroxyl groups excluding tert-OH is 1. The minimum atomic E-state index is 0.316. The van der Waals surface area contributed by atoms with E-state index in [4.69, 9.17) is 4.74 Å². The molecule has 5 aliphatic rings. The predicted molar refractivity (Wildman–Crippen MR) is 119 cm³/mol. The second kappa shape index (κ2) is 7.51. The fraction of sp³-hybridized carbons (Fsp3) is 1.00. The van der Waals surface area contributed by atoms with E-state index in [0.29, 0.717) is 41.5 Å². The number of aliphatic hydroxyl groups is 1. The van der Waals surface area contributed by atoms with E-state index < -0.39 is 0 Å². The van der Waals surface area contributed by atoms with Crippen molar-refractivity contribution in [2.24, 2.45) is 52.3 Å². The number of fused-ring (bicyclic) bond motifs is 7. The monoisotopic (exact) mass is 402 g/mol. The smallest absolute Gasteiger partial charge is 0.0618 e. The molecule has 1 heterocycles. The van der Waals surface area contributed by atoms with Crippen molar-refractivity contribution >= 4 is 0 Å². The third-order valence-electron chi connectivity index (χ3n) is 11.4. The maximum absolute atomic E-state index is 9.40. The van der Waals surface area contributed by atoms with Gasteiger partial charge in [0.1, 0.15) is 0 Å². The highest BCUT2D eigenvalue weighted by Gasteiger charge is 2.65. The summed E-state index contributed by atoms with van der Waals surface area (Å²) in [5.41, 5.74) is 1.16. The lowest BCUT2D eigenvalue weighted by molar-refractivity contribution is -0.115. The minimum absolute atomic E-state index is 0.316. The van der Waals surface area contributed by atoms with Crippen molar-refractivity contribution in [3.05, 3.63) is 0 Å². The maximum Gasteiger partial charge on any atom is 0.0618 e. The van der Waals surface area contributed by atoms with E-state index in [-0.39, 0.29) is 0 Å². The molecule has 5 rings (SSSR count). The second-order valence-electron chi connectivity index (χ2n) is 12.6. The van der Waals surface area contributed by atoms with Gasteiger partial charge in [0.05, 0.1) is 12.2 Å². The molecule has 1 N–H and O–H groups in total. The zero-order valence-corrected chi connectivity index (χ0v) is 19.5. The summed E-state index contributed by atoms with van der Waals surface area (Å²) in [5.74, 6) is 5.79. The van der Waals surface area contributed by atoms with Crippen molar-refractivity contribution < 1.29 is 9.84 Å². The van der Waals surface area contributed by atoms with Gasteiger partial charge in [-0.2, -0.15) is 0 Å². The van der Waals surface area contributed by atoms with E-state index >= 15 is 0 Å². The standard InChI is InChI=1S/C27H46O2/c1-17(16-28)8-11-23-18(2)25-24(29-23)15-22-20-10-9-19-7-5-6-13-26(19,3)21(20)12-14-27(22,25)4/h17-25,28H,5-16H2,1-4H3/t17?,18-,19-,20-,21+,22+,23?,24+,25+,26+,27+/m1/s1. The van der Waals surface area contributed by atoms with Crippen LogP contribution in [-0.2, 0) is 4.74 Å². The molecule has 0 spiro atoms. The molecular weight excluding hydrogens is 356 g/mol. The number of hydrogen-bond acceptors (Lipinski definition) is 2. The Morgan fingerprint density at radius 3 is 2.62 bits per heavy atom. The average molecular weight is 403 g/mol. The van der Waals surface area contributed by atoms with E-state index in [2.05, 4.69) is 27.7 Å². The summed E-state index contributed by atoms with van der Waals surface area (Å²) in [6.07, 6.45) is 16.5. The molecule has 4 saturated carbocycles. The highest BCUT2D eigenvalue weighted by Crippen LogP contribution is 2.70. The summed E-state index contributed by atoms with van der Waals surface area (Å²) in [7, 11) is 0. The van der Waals surface area contributed by atoms with E-state index in [0.717, 1.165) is 42.4 Å². The molecule has 5 fully saturated rings. The summed E-state index contributed by atoms with van der Waals surface area (Å²) < 4.78 is 6.78. The van der Waals surface area contributed by atoms with Crippen LogP contribution in [0, 0.1) is 52.3 Å². The first kappa shape index (κ1) is 20.8. The van der Waals surface area contributed by atoms with Crippen LogP contribution in [0.2, 0.25) is 0 Å². The third-order valence-corrected chi connectivity index (χ3v) is 11.4. The highest BCUT2D eigenvalue weighted by atomic mass is 16.5. The van der Waals surface area contributed by atoms with Crippen LogP contribution in [0.15, 0.2) is 0 Å². The molecule has 0 aromatic rings. The van der Waals surface area contributed by atoms with E-state index in [1.54, 1.807) is 0 Å². The quantitative estimate of drug-likeness (QED) is 0.585. The van der Waals surface area contributed by atoms with Crippen LogP contribution in [0.1, 0.15) is 98.3 Å². The summed E-state index contributed by atoms with van der Waals surface area (Å²) in [5, 5.41) is 9.40. The molecule has 0 amide bonds. The number of ether oxygens (including phenoxy) is 1. The summed E-state index contributed by atoms with van der Waals surface area (Å²) in [4.78, 5) is 0. The van der Waals surface area contributed by atoms with Crippen LogP contribution in [0.4, 0.5) is 0 Å². The summed E-state index contributed by atoms with van der Waals surface area (Å²) >= 11 is 0. The fourth-order valence-corrected chi connectivity index (χ4v) is 9.85. The van der Waals surface area contributed by atoms with Gasteiger partial charge in [-0.15, -0.1) is 0 Å². The first-order valence-corrected chi connectivity index (χ1v) is 13.1. The molecule has 0 aromatic heterocycles. The van der Waals surface area contributed by atoms with Crippen LogP contribution >= 0.6 is 0 Å². The van der Waals surface area contributed by atoms with Crippen LogP contribution < -0.4 is 0 Å². The van der Waals surface area contributed by atoms with Gasteiger partial charge in [-0.1, -0.05) is 40.5 Å². The van der Waals surface area contributed by atoms with E-state index in [9.17, 15) is 5.11 Å². The molecule has 11 atom stereocenters. The molecule has 166 valence electrons. The van der Waals surface area contributed by atoms with E-state index in [1.807, 2.05) is 0 Å². The van der Waals surface area contributed by atoms with Crippen LogP contribution in [0.25, 0.3) is 0 Å². The van der Waals surface area contributed by atoms with Gasteiger partial charge < -0.3 is 9.84 Å². The van der Waals surface area contributed by atoms with Gasteiger partial charge in [0.25, 0.3) is 0 Å². The highest BCUT2D eigenvalue weighted by molar-refractivity contribution is 5.13. The number of hydrogen-bond donors (Lipinski definition) is 1. The second-order valence-corrected chi connectivity index (χ2v) is 12.6. The van der Waals surface area contributed by atoms with E-state index in [1.165, 1.54) is 57.8 Å². The molecule has 0 radical (unpaired) electrons. The Hall–Kier alpha value is -0.0800. The van der Waals surface area contributed by atoms with Crippen LogP contribution in [0.3, 0.4) is 0 Å². The average Bonchev–Trinajstić information content (AvgIpc) is 3.19. The molecule has 1 saturated heterocycles. The van der Waals surface area contributed by atoms with Crippen LogP contribution in [-0.4, -0.2) is 23.9 Å². The van der Waals surface area contributed by atoms with Crippen molar-refractivity contribution in [2.45, 2.75) is 111 Å². The summed E-state index contributed by atoms with van der Waals surface area (Å²) in [6, 6.07) is 0. The normalized spacial score (nSPS) is 54.9. The lowest BCUT2D eigenvalue weighted by atomic mass is 9.44. The summed E-state index contributed by atoms with van der Waals surface area (Å²) in [6.45, 7) is 10.4. The molecule has 0 aromatic carbocycles. The molecule has 0 bridgehead atoms. The maximum atomic E-state index is 9.40. The Kier molecular flexibility index (Phi) is 5.38. The molecule has 4 aliphatic carbocycles. The molecule has 1 aliphatic heterocycles. The molecule has 2 nitrogen and oxygen atoms in total. The van der Waals surface area contributed by atoms with Crippen molar-refractivity contribution in [2.75, 3.05) is 6.61 Å². The van der Waals surface area contributed by atoms with Gasteiger partial charge >= 0.3 is 0 Å². The predicted octanol–water partition coefficient (Wildman–Crippen LogP) is 6.46. The Morgan fingerprint density at radius 1 is 1.00 bits per heavy atom. The zero-order valence-electron chi connectivity index (χ0n) is 19.5. The molecule has 2 heteroatoms. The topological polar surface area (TPSA) is 29.5 Å². The Bertz CT molecular complexity index is 603. The van der Waals surface area contributed by atoms with Gasteiger partial charge in [0.15, 0.2) is 0 Å². The molecule has 2 unspecified atom stereocenters. The first-order chi connectivity index (χ1) is 13.9. The first-order valence-electron chi connectivity index (χ1n) is 13.1. The Morgan fingerprint density at radius 2 is 1.83 bits per heavy atom. The molecule has 29 heavy (non-hydrogen) atoms. The van der Waals surface area contributed by atoms with Crippen molar-refractivity contribution in [3.63, 3.8) is 0 Å². The van der Waals surface area contributed by atoms with Crippen LogP contribution in [0.5, 0.6) is 0 Å². The molecular formula is C27H46O2. The zero-order chi connectivity index (χ0) is 20.4. The SMILES string of the molecule is CC(CO)CCC1O[C@H]2C[C@H]3[C@@H]4CC[C@H]5CCCC[C@]5(C)[C@H]4CC[C@]3(C)[C@H]2[C@@H]1C. The third kappa shape index (κ3) is 3.09. The van der Waals surface area contributed by atoms with Crippen molar-refractivity contribution in [1.82, 2.24) is 0 Å². The lowest BCUT2D eigenvalue weighted by Crippen LogP contribution is -2.53. The van der Waals surface area contributed by atoms with Crippen molar-refractivity contribution in [3.8, 4) is 0 Å².